The summed E-state index contributed by atoms with van der Waals surface area (Å²) in [6, 6.07) is 0. The summed E-state index contributed by atoms with van der Waals surface area (Å²) in [5.74, 6) is -0.682. The van der Waals surface area contributed by atoms with E-state index in [1.54, 1.807) is 6.92 Å². The molecule has 0 amide bonds. The molecule has 1 aliphatic carbocycles. The topological polar surface area (TPSA) is 26.3 Å². The largest absolute Gasteiger partial charge is 0.457 e. The van der Waals surface area contributed by atoms with Crippen LogP contribution in [0.25, 0.3) is 0 Å². The Morgan fingerprint density at radius 1 is 1.31 bits per heavy atom. The zero-order valence-corrected chi connectivity index (χ0v) is 10.6. The molecular weight excluding hydrogens is 207 g/mol. The minimum absolute atomic E-state index is 0.172. The Balaban J connectivity index is 2.66. The molecule has 0 aliphatic heterocycles. The maximum atomic E-state index is 13.8. The molecule has 0 heterocycles. The van der Waals surface area contributed by atoms with Crippen LogP contribution in [0.3, 0.4) is 0 Å². The summed E-state index contributed by atoms with van der Waals surface area (Å²) in [6.07, 6.45) is 6.08. The van der Waals surface area contributed by atoms with Crippen molar-refractivity contribution in [3.63, 3.8) is 0 Å². The molecule has 1 rings (SSSR count). The Kier molecular flexibility index (Phi) is 4.34. The van der Waals surface area contributed by atoms with Crippen LogP contribution in [0.2, 0.25) is 0 Å². The Morgan fingerprint density at radius 3 is 2.31 bits per heavy atom. The summed E-state index contributed by atoms with van der Waals surface area (Å²) in [5, 5.41) is 0. The van der Waals surface area contributed by atoms with E-state index in [1.165, 1.54) is 13.3 Å². The minimum Gasteiger partial charge on any atom is -0.457 e. The predicted molar refractivity (Wildman–Crippen MR) is 62.0 cm³/mol. The highest BCUT2D eigenvalue weighted by molar-refractivity contribution is 5.79. The van der Waals surface area contributed by atoms with Gasteiger partial charge in [-0.2, -0.15) is 0 Å². The molecule has 0 aromatic heterocycles. The number of halogens is 1. The molecule has 3 heteroatoms. The average molecular weight is 230 g/mol. The molecule has 0 spiro atoms. The maximum Gasteiger partial charge on any atom is 0.344 e. The fourth-order valence-electron chi connectivity index (χ4n) is 2.17. The Bertz CT molecular complexity index is 242. The molecule has 0 radical (unpaired) electrons. The van der Waals surface area contributed by atoms with Crippen LogP contribution in [0.4, 0.5) is 4.39 Å². The summed E-state index contributed by atoms with van der Waals surface area (Å²) in [4.78, 5) is 11.7. The van der Waals surface area contributed by atoms with Crippen LogP contribution in [0.1, 0.15) is 65.7 Å². The van der Waals surface area contributed by atoms with Gasteiger partial charge >= 0.3 is 5.97 Å². The monoisotopic (exact) mass is 230 g/mol. The van der Waals surface area contributed by atoms with Gasteiger partial charge in [-0.15, -0.1) is 0 Å². The van der Waals surface area contributed by atoms with Gasteiger partial charge in [0.15, 0.2) is 0 Å². The molecule has 0 bridgehead atoms. The van der Waals surface area contributed by atoms with E-state index in [4.69, 9.17) is 4.74 Å². The van der Waals surface area contributed by atoms with Crippen LogP contribution in [-0.4, -0.2) is 17.2 Å². The van der Waals surface area contributed by atoms with Crippen molar-refractivity contribution in [1.82, 2.24) is 0 Å². The summed E-state index contributed by atoms with van der Waals surface area (Å²) >= 11 is 0. The molecule has 1 unspecified atom stereocenters. The van der Waals surface area contributed by atoms with Crippen LogP contribution in [-0.2, 0) is 9.53 Å². The lowest BCUT2D eigenvalue weighted by molar-refractivity contribution is -0.177. The summed E-state index contributed by atoms with van der Waals surface area (Å²) in [7, 11) is 0. The van der Waals surface area contributed by atoms with E-state index in [1.807, 2.05) is 6.92 Å². The van der Waals surface area contributed by atoms with Gasteiger partial charge in [0.2, 0.25) is 5.67 Å². The summed E-state index contributed by atoms with van der Waals surface area (Å²) in [5.41, 5.74) is -2.22. The fraction of sp³-hybridized carbons (Fsp3) is 0.923. The molecule has 0 aromatic rings. The zero-order valence-electron chi connectivity index (χ0n) is 10.6. The van der Waals surface area contributed by atoms with Crippen LogP contribution in [0, 0.1) is 0 Å². The van der Waals surface area contributed by atoms with E-state index in [0.29, 0.717) is 0 Å². The molecule has 1 aliphatic rings. The van der Waals surface area contributed by atoms with Gasteiger partial charge in [-0.05, 0) is 45.4 Å². The fourth-order valence-corrected chi connectivity index (χ4v) is 2.17. The molecule has 1 fully saturated rings. The van der Waals surface area contributed by atoms with Gasteiger partial charge in [-0.1, -0.05) is 20.3 Å². The van der Waals surface area contributed by atoms with Crippen molar-refractivity contribution in [1.29, 1.82) is 0 Å². The number of ether oxygens (including phenoxy) is 1. The minimum atomic E-state index is -1.83. The molecular formula is C13H23FO2. The van der Waals surface area contributed by atoms with Crippen molar-refractivity contribution in [2.45, 2.75) is 77.0 Å². The third kappa shape index (κ3) is 2.96. The van der Waals surface area contributed by atoms with Gasteiger partial charge in [-0.25, -0.2) is 9.18 Å². The number of rotatable bonds is 4. The first kappa shape index (κ1) is 13.5. The van der Waals surface area contributed by atoms with Gasteiger partial charge in [0, 0.05) is 0 Å². The second kappa shape index (κ2) is 5.15. The number of esters is 1. The average Bonchev–Trinajstić information content (AvgIpc) is 2.30. The molecule has 1 saturated carbocycles. The van der Waals surface area contributed by atoms with Crippen molar-refractivity contribution in [2.24, 2.45) is 0 Å². The summed E-state index contributed by atoms with van der Waals surface area (Å²) < 4.78 is 19.3. The van der Waals surface area contributed by atoms with E-state index < -0.39 is 17.2 Å². The number of alkyl halides is 1. The van der Waals surface area contributed by atoms with Crippen LogP contribution in [0.15, 0.2) is 0 Å². The van der Waals surface area contributed by atoms with Crippen LogP contribution >= 0.6 is 0 Å². The van der Waals surface area contributed by atoms with Gasteiger partial charge in [0.1, 0.15) is 5.60 Å². The molecule has 0 aromatic carbocycles. The Labute approximate surface area is 97.6 Å². The third-order valence-electron chi connectivity index (χ3n) is 3.81. The molecule has 16 heavy (non-hydrogen) atoms. The van der Waals surface area contributed by atoms with E-state index in [-0.39, 0.29) is 6.42 Å². The predicted octanol–water partition coefficient (Wildman–Crippen LogP) is 3.78. The Morgan fingerprint density at radius 2 is 1.88 bits per heavy atom. The van der Waals surface area contributed by atoms with Crippen molar-refractivity contribution >= 4 is 5.97 Å². The quantitative estimate of drug-likeness (QED) is 0.687. The molecule has 0 N–H and O–H groups in total. The van der Waals surface area contributed by atoms with E-state index in [9.17, 15) is 9.18 Å². The number of hydrogen-bond acceptors (Lipinski definition) is 2. The molecule has 1 atom stereocenters. The van der Waals surface area contributed by atoms with Crippen LogP contribution < -0.4 is 0 Å². The van der Waals surface area contributed by atoms with Crippen molar-refractivity contribution in [2.75, 3.05) is 0 Å². The van der Waals surface area contributed by atoms with E-state index in [2.05, 4.69) is 0 Å². The first-order valence-electron chi connectivity index (χ1n) is 6.38. The molecule has 94 valence electrons. The normalized spacial score (nSPS) is 23.5. The van der Waals surface area contributed by atoms with Gasteiger partial charge in [-0.3, -0.25) is 0 Å². The number of carbonyl (C=O) groups is 1. The van der Waals surface area contributed by atoms with Gasteiger partial charge in [0.25, 0.3) is 0 Å². The van der Waals surface area contributed by atoms with E-state index >= 15 is 0 Å². The number of carbonyl (C=O) groups excluding carboxylic acids is 1. The highest BCUT2D eigenvalue weighted by Gasteiger charge is 2.40. The third-order valence-corrected chi connectivity index (χ3v) is 3.81. The van der Waals surface area contributed by atoms with Crippen molar-refractivity contribution in [3.05, 3.63) is 0 Å². The maximum absolute atomic E-state index is 13.8. The molecule has 0 saturated heterocycles. The van der Waals surface area contributed by atoms with E-state index in [0.717, 1.165) is 32.1 Å². The van der Waals surface area contributed by atoms with Crippen molar-refractivity contribution < 1.29 is 13.9 Å². The van der Waals surface area contributed by atoms with Gasteiger partial charge in [0.05, 0.1) is 0 Å². The Hall–Kier alpha value is -0.600. The number of hydrogen-bond donors (Lipinski definition) is 0. The second-order valence-corrected chi connectivity index (χ2v) is 5.04. The standard InChI is InChI=1S/C13H23FO2/c1-4-12(3,14)11(15)16-13(5-2)9-7-6-8-10-13/h4-10H2,1-3H3. The lowest BCUT2D eigenvalue weighted by Gasteiger charge is -2.37. The second-order valence-electron chi connectivity index (χ2n) is 5.04. The first-order chi connectivity index (χ1) is 7.46. The lowest BCUT2D eigenvalue weighted by Crippen LogP contribution is -2.42. The SMILES string of the molecule is CCC1(OC(=O)C(C)(F)CC)CCCCC1. The summed E-state index contributed by atoms with van der Waals surface area (Å²) in [6.45, 7) is 4.99. The zero-order chi connectivity index (χ0) is 12.2. The highest BCUT2D eigenvalue weighted by Crippen LogP contribution is 2.36. The highest BCUT2D eigenvalue weighted by atomic mass is 19.1. The van der Waals surface area contributed by atoms with Gasteiger partial charge < -0.3 is 4.74 Å². The van der Waals surface area contributed by atoms with Crippen LogP contribution in [0.5, 0.6) is 0 Å². The smallest absolute Gasteiger partial charge is 0.344 e. The first-order valence-corrected chi connectivity index (χ1v) is 6.38. The molecule has 2 nitrogen and oxygen atoms in total. The lowest BCUT2D eigenvalue weighted by atomic mass is 9.82. The van der Waals surface area contributed by atoms with Crippen molar-refractivity contribution in [3.8, 4) is 0 Å².